The summed E-state index contributed by atoms with van der Waals surface area (Å²) in [5.41, 5.74) is 2.84. The zero-order valence-electron chi connectivity index (χ0n) is 16.6. The number of rotatable bonds is 5. The van der Waals surface area contributed by atoms with Gasteiger partial charge in [0.2, 0.25) is 0 Å². The summed E-state index contributed by atoms with van der Waals surface area (Å²) in [4.78, 5) is 16.3. The van der Waals surface area contributed by atoms with Crippen LogP contribution in [0.15, 0.2) is 24.7 Å². The Kier molecular flexibility index (Phi) is 4.18. The molecule has 3 heterocycles. The van der Waals surface area contributed by atoms with Crippen LogP contribution in [0.4, 0.5) is 16.3 Å². The van der Waals surface area contributed by atoms with E-state index in [9.17, 15) is 4.79 Å². The number of alkyl carbamates (subject to hydrolysis) is 1. The number of anilines is 2. The van der Waals surface area contributed by atoms with Crippen molar-refractivity contribution < 1.29 is 9.53 Å². The van der Waals surface area contributed by atoms with E-state index in [1.807, 2.05) is 24.7 Å². The Morgan fingerprint density at radius 2 is 2.17 bits per heavy atom. The second kappa shape index (κ2) is 6.75. The topological polar surface area (TPSA) is 110 Å². The molecule has 152 valence electrons. The largest absolute Gasteiger partial charge is 0.446 e. The number of nitrogens with zero attached hydrogens (tertiary/aromatic N) is 4. The molecule has 2 aliphatic carbocycles. The van der Waals surface area contributed by atoms with Crippen molar-refractivity contribution in [1.29, 1.82) is 0 Å². The Balaban J connectivity index is 1.22. The van der Waals surface area contributed by atoms with Crippen LogP contribution in [0.2, 0.25) is 0 Å². The number of ether oxygens (including phenoxy) is 1. The zero-order chi connectivity index (χ0) is 20.0. The molecule has 2 atom stereocenters. The Labute approximate surface area is 168 Å². The molecule has 2 aliphatic rings. The lowest BCUT2D eigenvalue weighted by Gasteiger charge is -2.16. The molecular formula is C20H25N7O2. The first-order valence-corrected chi connectivity index (χ1v) is 10.1. The highest BCUT2D eigenvalue weighted by atomic mass is 16.6. The summed E-state index contributed by atoms with van der Waals surface area (Å²) in [6.07, 6.45) is 9.73. The molecule has 9 nitrogen and oxygen atoms in total. The number of carbonyl (C=O) groups is 1. The number of aromatic amines is 1. The zero-order valence-corrected chi connectivity index (χ0v) is 16.6. The van der Waals surface area contributed by atoms with Crippen molar-refractivity contribution in [2.75, 3.05) is 5.32 Å². The predicted molar refractivity (Wildman–Crippen MR) is 108 cm³/mol. The second-order valence-electron chi connectivity index (χ2n) is 8.45. The third-order valence-electron chi connectivity index (χ3n) is 6.00. The second-order valence-corrected chi connectivity index (χ2v) is 8.45. The molecule has 0 spiro atoms. The number of nitrogens with one attached hydrogen (secondary N) is 3. The number of H-pyrrole nitrogens is 1. The van der Waals surface area contributed by atoms with Gasteiger partial charge in [-0.2, -0.15) is 10.2 Å². The molecule has 0 bridgehead atoms. The number of carbonyl (C=O) groups excluding carboxylic acids is 1. The maximum absolute atomic E-state index is 12.0. The van der Waals surface area contributed by atoms with E-state index in [-0.39, 0.29) is 17.7 Å². The number of aryl methyl sites for hydroxylation is 1. The molecule has 2 saturated carbocycles. The SMILES string of the molecule is Cn1ncc2cncc(Nc3cc(C4CCC(OC(=O)NC5(C)CC5)C4)[nH]n3)c21. The lowest BCUT2D eigenvalue weighted by molar-refractivity contribution is 0.0967. The van der Waals surface area contributed by atoms with E-state index in [2.05, 4.69) is 30.9 Å². The Hall–Kier alpha value is -3.10. The van der Waals surface area contributed by atoms with E-state index in [0.29, 0.717) is 5.92 Å². The van der Waals surface area contributed by atoms with E-state index >= 15 is 0 Å². The fourth-order valence-electron chi connectivity index (χ4n) is 4.04. The summed E-state index contributed by atoms with van der Waals surface area (Å²) in [5.74, 6) is 1.04. The van der Waals surface area contributed by atoms with Crippen LogP contribution >= 0.6 is 0 Å². The van der Waals surface area contributed by atoms with E-state index in [4.69, 9.17) is 4.74 Å². The number of pyridine rings is 1. The highest BCUT2D eigenvalue weighted by Gasteiger charge is 2.40. The minimum atomic E-state index is -0.292. The van der Waals surface area contributed by atoms with Crippen molar-refractivity contribution >= 4 is 28.5 Å². The van der Waals surface area contributed by atoms with Crippen LogP contribution in [0, 0.1) is 0 Å². The third-order valence-corrected chi connectivity index (χ3v) is 6.00. The van der Waals surface area contributed by atoms with Crippen molar-refractivity contribution in [3.8, 4) is 0 Å². The molecule has 3 aromatic rings. The van der Waals surface area contributed by atoms with Crippen molar-refractivity contribution in [1.82, 2.24) is 30.3 Å². The fourth-order valence-corrected chi connectivity index (χ4v) is 4.04. The van der Waals surface area contributed by atoms with E-state index in [1.165, 1.54) is 0 Å². The van der Waals surface area contributed by atoms with Gasteiger partial charge in [-0.05, 0) is 39.0 Å². The molecule has 2 unspecified atom stereocenters. The molecule has 29 heavy (non-hydrogen) atoms. The number of aromatic nitrogens is 5. The van der Waals surface area contributed by atoms with Gasteiger partial charge < -0.3 is 15.4 Å². The van der Waals surface area contributed by atoms with Crippen molar-refractivity contribution in [3.05, 3.63) is 30.4 Å². The third kappa shape index (κ3) is 3.64. The van der Waals surface area contributed by atoms with E-state index in [0.717, 1.165) is 60.2 Å². The van der Waals surface area contributed by atoms with Crippen LogP contribution in [0.5, 0.6) is 0 Å². The number of hydrogen-bond acceptors (Lipinski definition) is 6. The number of amides is 1. The minimum absolute atomic E-state index is 0.0468. The van der Waals surface area contributed by atoms with Crippen molar-refractivity contribution in [2.45, 2.75) is 56.6 Å². The maximum Gasteiger partial charge on any atom is 0.407 e. The van der Waals surface area contributed by atoms with Gasteiger partial charge in [0.15, 0.2) is 5.82 Å². The molecule has 9 heteroatoms. The average molecular weight is 395 g/mol. The monoisotopic (exact) mass is 395 g/mol. The standard InChI is InChI=1S/C20H25N7O2/c1-20(5-6-20)24-19(28)29-14-4-3-12(7-14)15-8-17(26-25-15)23-16-11-21-9-13-10-22-27(2)18(13)16/h8-12,14H,3-7H2,1-2H3,(H,24,28)(H2,23,25,26). The van der Waals surface area contributed by atoms with Gasteiger partial charge in [-0.1, -0.05) is 0 Å². The van der Waals surface area contributed by atoms with Gasteiger partial charge in [0.1, 0.15) is 6.10 Å². The van der Waals surface area contributed by atoms with Crippen LogP contribution < -0.4 is 10.6 Å². The average Bonchev–Trinajstić information content (AvgIpc) is 3.10. The van der Waals surface area contributed by atoms with Gasteiger partial charge in [-0.15, -0.1) is 0 Å². The number of fused-ring (bicyclic) bond motifs is 1. The van der Waals surface area contributed by atoms with Gasteiger partial charge >= 0.3 is 6.09 Å². The van der Waals surface area contributed by atoms with Gasteiger partial charge in [0, 0.05) is 41.8 Å². The quantitative estimate of drug-likeness (QED) is 0.611. The molecule has 3 N–H and O–H groups in total. The first-order chi connectivity index (χ1) is 14.0. The van der Waals surface area contributed by atoms with Gasteiger partial charge in [0.25, 0.3) is 0 Å². The smallest absolute Gasteiger partial charge is 0.407 e. The van der Waals surface area contributed by atoms with E-state index in [1.54, 1.807) is 18.6 Å². The normalized spacial score (nSPS) is 22.6. The van der Waals surface area contributed by atoms with Gasteiger partial charge in [-0.25, -0.2) is 4.79 Å². The molecule has 0 aliphatic heterocycles. The Morgan fingerprint density at radius 1 is 1.31 bits per heavy atom. The molecule has 0 aromatic carbocycles. The van der Waals surface area contributed by atoms with Crippen molar-refractivity contribution in [2.24, 2.45) is 7.05 Å². The molecule has 3 aromatic heterocycles. The molecule has 0 radical (unpaired) electrons. The maximum atomic E-state index is 12.0. The molecule has 5 rings (SSSR count). The molecule has 0 saturated heterocycles. The van der Waals surface area contributed by atoms with Crippen LogP contribution in [0.25, 0.3) is 10.9 Å². The molecule has 1 amide bonds. The highest BCUT2D eigenvalue weighted by Crippen LogP contribution is 2.37. The fraction of sp³-hybridized carbons (Fsp3) is 0.500. The lowest BCUT2D eigenvalue weighted by atomic mass is 10.0. The van der Waals surface area contributed by atoms with Crippen LogP contribution in [-0.4, -0.2) is 42.7 Å². The summed E-state index contributed by atoms with van der Waals surface area (Å²) in [7, 11) is 1.90. The Bertz CT molecular complexity index is 1050. The van der Waals surface area contributed by atoms with Crippen LogP contribution in [0.1, 0.15) is 50.6 Å². The van der Waals surface area contributed by atoms with E-state index < -0.39 is 0 Å². The molecular weight excluding hydrogens is 370 g/mol. The van der Waals surface area contributed by atoms with Crippen molar-refractivity contribution in [3.63, 3.8) is 0 Å². The summed E-state index contributed by atoms with van der Waals surface area (Å²) in [5, 5.41) is 19.1. The minimum Gasteiger partial charge on any atom is -0.446 e. The summed E-state index contributed by atoms with van der Waals surface area (Å²) in [6.45, 7) is 2.05. The lowest BCUT2D eigenvalue weighted by Crippen LogP contribution is -2.36. The van der Waals surface area contributed by atoms with Crippen LogP contribution in [0.3, 0.4) is 0 Å². The molecule has 2 fully saturated rings. The highest BCUT2D eigenvalue weighted by molar-refractivity contribution is 5.90. The summed E-state index contributed by atoms with van der Waals surface area (Å²) >= 11 is 0. The van der Waals surface area contributed by atoms with Gasteiger partial charge in [-0.3, -0.25) is 14.8 Å². The van der Waals surface area contributed by atoms with Gasteiger partial charge in [0.05, 0.1) is 23.6 Å². The Morgan fingerprint density at radius 3 is 3.00 bits per heavy atom. The summed E-state index contributed by atoms with van der Waals surface area (Å²) in [6, 6.07) is 2.02. The summed E-state index contributed by atoms with van der Waals surface area (Å²) < 4.78 is 7.43. The van der Waals surface area contributed by atoms with Crippen LogP contribution in [-0.2, 0) is 11.8 Å². The first-order valence-electron chi connectivity index (χ1n) is 10.1. The number of hydrogen-bond donors (Lipinski definition) is 3. The predicted octanol–water partition coefficient (Wildman–Crippen LogP) is 3.35. The first kappa shape index (κ1) is 18.0.